The summed E-state index contributed by atoms with van der Waals surface area (Å²) in [6.45, 7) is 19.6. The smallest absolute Gasteiger partial charge is 0.0594 e. The Labute approximate surface area is 212 Å². The summed E-state index contributed by atoms with van der Waals surface area (Å²) in [4.78, 5) is 0. The van der Waals surface area contributed by atoms with Gasteiger partial charge in [0, 0.05) is 14.2 Å². The maximum absolute atomic E-state index is 10.8. The Morgan fingerprint density at radius 3 is 2.24 bits per heavy atom. The fraction of sp³-hybridized carbons (Fsp3) is 0.875. The first kappa shape index (κ1) is 28.0. The molecule has 0 heterocycles. The lowest BCUT2D eigenvalue weighted by Crippen LogP contribution is -2.55. The molecule has 196 valence electrons. The van der Waals surface area contributed by atoms with Crippen LogP contribution in [0.3, 0.4) is 0 Å². The van der Waals surface area contributed by atoms with Crippen molar-refractivity contribution in [2.75, 3.05) is 14.2 Å². The predicted octanol–water partition coefficient (Wildman–Crippen LogP) is 8.74. The summed E-state index contributed by atoms with van der Waals surface area (Å²) in [5, 5.41) is 10.8. The van der Waals surface area contributed by atoms with Gasteiger partial charge in [0.25, 0.3) is 0 Å². The molecule has 1 N–H and O–H groups in total. The Balaban J connectivity index is 0.00000103. The zero-order valence-corrected chi connectivity index (χ0v) is 24.3. The summed E-state index contributed by atoms with van der Waals surface area (Å²) in [6.07, 6.45) is 15.2. The highest BCUT2D eigenvalue weighted by atomic mass is 16.4. The summed E-state index contributed by atoms with van der Waals surface area (Å²) in [5.41, 5.74) is 6.41. The van der Waals surface area contributed by atoms with Crippen LogP contribution in [-0.2, 0) is 4.74 Å². The van der Waals surface area contributed by atoms with E-state index in [1.165, 1.54) is 63.4 Å². The van der Waals surface area contributed by atoms with Crippen LogP contribution in [-0.4, -0.2) is 25.4 Å². The number of hydrogen-bond donors (Lipinski definition) is 1. The van der Waals surface area contributed by atoms with E-state index in [1.807, 2.05) is 11.1 Å². The van der Waals surface area contributed by atoms with Gasteiger partial charge >= 0.3 is 0 Å². The van der Waals surface area contributed by atoms with Gasteiger partial charge in [-0.25, -0.2) is 0 Å². The summed E-state index contributed by atoms with van der Waals surface area (Å²) < 4.78 is 4.25. The van der Waals surface area contributed by atoms with Gasteiger partial charge in [0.05, 0.1) is 6.10 Å². The van der Waals surface area contributed by atoms with Gasteiger partial charge < -0.3 is 9.84 Å². The van der Waals surface area contributed by atoms with E-state index in [4.69, 9.17) is 0 Å². The number of fused-ring (bicyclic) bond motifs is 4. The standard InChI is InChI=1S/C30H50O.C2H6O/c1-20(2)10-9-11-21(3)22-14-18-30(8)24-12-13-25-27(4,5)26(31)16-17-28(25,6)23(24)15-19-29(22,30)7;1-3-2/h10,21-22,25-26,31H,9,11-19H2,1-8H3;1-2H3/t21-,22-,25+,26+,28-,29-,30+;/m1./s1. The minimum Gasteiger partial charge on any atom is -0.393 e. The van der Waals surface area contributed by atoms with Gasteiger partial charge in [0.15, 0.2) is 0 Å². The van der Waals surface area contributed by atoms with Crippen molar-refractivity contribution in [2.24, 2.45) is 39.4 Å². The number of aliphatic hydroxyl groups excluding tert-OH is 1. The van der Waals surface area contributed by atoms with Gasteiger partial charge in [0.2, 0.25) is 0 Å². The van der Waals surface area contributed by atoms with E-state index >= 15 is 0 Å². The van der Waals surface area contributed by atoms with E-state index in [9.17, 15) is 5.11 Å². The van der Waals surface area contributed by atoms with E-state index in [2.05, 4.69) is 66.2 Å². The molecule has 0 aromatic heterocycles. The Morgan fingerprint density at radius 2 is 1.62 bits per heavy atom. The third-order valence-corrected chi connectivity index (χ3v) is 11.7. The molecular formula is C32H56O2. The summed E-state index contributed by atoms with van der Waals surface area (Å²) >= 11 is 0. The summed E-state index contributed by atoms with van der Waals surface area (Å²) in [5.74, 6) is 2.32. The van der Waals surface area contributed by atoms with Gasteiger partial charge in [-0.1, -0.05) is 64.3 Å². The molecule has 0 spiro atoms. The fourth-order valence-electron chi connectivity index (χ4n) is 9.47. The van der Waals surface area contributed by atoms with Crippen LogP contribution in [0.4, 0.5) is 0 Å². The van der Waals surface area contributed by atoms with Crippen molar-refractivity contribution >= 4 is 0 Å². The zero-order valence-electron chi connectivity index (χ0n) is 24.3. The Kier molecular flexibility index (Phi) is 8.26. The zero-order chi connectivity index (χ0) is 25.5. The second kappa shape index (κ2) is 10.0. The lowest BCUT2D eigenvalue weighted by Gasteiger charge is -2.62. The van der Waals surface area contributed by atoms with Crippen molar-refractivity contribution in [3.05, 3.63) is 22.8 Å². The van der Waals surface area contributed by atoms with Gasteiger partial charge in [-0.15, -0.1) is 0 Å². The van der Waals surface area contributed by atoms with Crippen LogP contribution in [0.1, 0.15) is 120 Å². The van der Waals surface area contributed by atoms with Gasteiger partial charge in [-0.2, -0.15) is 0 Å². The Hall–Kier alpha value is -0.600. The Bertz CT molecular complexity index is 787. The van der Waals surface area contributed by atoms with Crippen LogP contribution in [0.2, 0.25) is 0 Å². The van der Waals surface area contributed by atoms with Crippen molar-refractivity contribution in [1.82, 2.24) is 0 Å². The van der Waals surface area contributed by atoms with E-state index in [1.54, 1.807) is 14.2 Å². The first-order valence-electron chi connectivity index (χ1n) is 14.2. The van der Waals surface area contributed by atoms with Gasteiger partial charge in [-0.3, -0.25) is 0 Å². The molecule has 0 amide bonds. The molecule has 2 fully saturated rings. The van der Waals surface area contributed by atoms with Crippen LogP contribution in [0.15, 0.2) is 22.8 Å². The normalized spacial score (nSPS) is 41.4. The quantitative estimate of drug-likeness (QED) is 0.414. The van der Waals surface area contributed by atoms with E-state index in [-0.39, 0.29) is 11.5 Å². The average molecular weight is 473 g/mol. The summed E-state index contributed by atoms with van der Waals surface area (Å²) in [6, 6.07) is 0. The highest BCUT2D eigenvalue weighted by Crippen LogP contribution is 2.72. The molecule has 0 unspecified atom stereocenters. The molecular weight excluding hydrogens is 416 g/mol. The highest BCUT2D eigenvalue weighted by molar-refractivity contribution is 5.38. The van der Waals surface area contributed by atoms with E-state index < -0.39 is 0 Å². The van der Waals surface area contributed by atoms with Crippen LogP contribution in [0.5, 0.6) is 0 Å². The van der Waals surface area contributed by atoms with Crippen molar-refractivity contribution in [2.45, 2.75) is 126 Å². The number of ether oxygens (including phenoxy) is 1. The molecule has 4 aliphatic rings. The molecule has 4 rings (SSSR count). The molecule has 0 aromatic rings. The lowest BCUT2D eigenvalue weighted by atomic mass is 9.43. The number of allylic oxidation sites excluding steroid dienone is 4. The molecule has 0 aliphatic heterocycles. The van der Waals surface area contributed by atoms with E-state index in [0.29, 0.717) is 22.2 Å². The molecule has 7 atom stereocenters. The third-order valence-electron chi connectivity index (χ3n) is 11.7. The highest BCUT2D eigenvalue weighted by Gasteiger charge is 2.63. The number of rotatable bonds is 4. The molecule has 2 nitrogen and oxygen atoms in total. The number of aliphatic hydroxyl groups is 1. The molecule has 4 aliphatic carbocycles. The maximum Gasteiger partial charge on any atom is 0.0594 e. The third kappa shape index (κ3) is 4.38. The SMILES string of the molecule is CC(C)=CCC[C@@H](C)[C@H]1CC[C@@]2(C)C3=C(CC[C@]12C)[C@@]1(C)CC[C@H](O)C(C)(C)[C@@H]1CC3.COC. The maximum atomic E-state index is 10.8. The first-order chi connectivity index (χ1) is 15.8. The second-order valence-electron chi connectivity index (χ2n) is 14.0. The fourth-order valence-corrected chi connectivity index (χ4v) is 9.47. The van der Waals surface area contributed by atoms with Crippen molar-refractivity contribution in [3.63, 3.8) is 0 Å². The van der Waals surface area contributed by atoms with Crippen LogP contribution < -0.4 is 0 Å². The minimum absolute atomic E-state index is 0.0465. The average Bonchev–Trinajstić information content (AvgIpc) is 3.03. The number of hydrogen-bond acceptors (Lipinski definition) is 2. The van der Waals surface area contributed by atoms with Crippen molar-refractivity contribution in [1.29, 1.82) is 0 Å². The van der Waals surface area contributed by atoms with E-state index in [0.717, 1.165) is 18.3 Å². The number of methoxy groups -OCH3 is 1. The monoisotopic (exact) mass is 472 g/mol. The molecule has 2 heteroatoms. The Morgan fingerprint density at radius 1 is 0.971 bits per heavy atom. The summed E-state index contributed by atoms with van der Waals surface area (Å²) in [7, 11) is 3.25. The second-order valence-corrected chi connectivity index (χ2v) is 14.0. The van der Waals surface area contributed by atoms with Gasteiger partial charge in [-0.05, 0) is 117 Å². The molecule has 34 heavy (non-hydrogen) atoms. The van der Waals surface area contributed by atoms with Crippen LogP contribution in [0.25, 0.3) is 0 Å². The predicted molar refractivity (Wildman–Crippen MR) is 146 cm³/mol. The molecule has 2 saturated carbocycles. The largest absolute Gasteiger partial charge is 0.393 e. The molecule has 0 bridgehead atoms. The van der Waals surface area contributed by atoms with Crippen LogP contribution in [0, 0.1) is 39.4 Å². The van der Waals surface area contributed by atoms with Crippen molar-refractivity contribution < 1.29 is 9.84 Å². The molecule has 0 aromatic carbocycles. The first-order valence-corrected chi connectivity index (χ1v) is 14.2. The van der Waals surface area contributed by atoms with Crippen LogP contribution >= 0.6 is 0 Å². The molecule has 0 radical (unpaired) electrons. The lowest BCUT2D eigenvalue weighted by molar-refractivity contribution is -0.0962. The van der Waals surface area contributed by atoms with Gasteiger partial charge in [0.1, 0.15) is 0 Å². The molecule has 0 saturated heterocycles. The topological polar surface area (TPSA) is 29.5 Å². The van der Waals surface area contributed by atoms with Crippen molar-refractivity contribution in [3.8, 4) is 0 Å². The minimum atomic E-state index is -0.130.